The average molecular weight is 523 g/mol. The molecule has 2 heterocycles. The van der Waals surface area contributed by atoms with Crippen molar-refractivity contribution in [3.05, 3.63) is 59.7 Å². The van der Waals surface area contributed by atoms with Gasteiger partial charge in [0.2, 0.25) is 0 Å². The molecule has 10 nitrogen and oxygen atoms in total. The van der Waals surface area contributed by atoms with Gasteiger partial charge in [0.25, 0.3) is 11.8 Å². The number of nitrogens with two attached hydrogens (primary N) is 1. The van der Waals surface area contributed by atoms with Gasteiger partial charge in [-0.05, 0) is 24.3 Å². The second-order valence-corrected chi connectivity index (χ2v) is 7.30. The molecular weight excluding hydrogens is 506 g/mol. The third-order valence-corrected chi connectivity index (χ3v) is 4.83. The van der Waals surface area contributed by atoms with Gasteiger partial charge in [-0.25, -0.2) is 9.37 Å². The molecule has 1 aliphatic rings. The number of nitrogens with one attached hydrogen (secondary N) is 1. The minimum Gasteiger partial charge on any atom is -0.493 e. The molecule has 0 spiro atoms. The molecule has 2 aromatic carbocycles. The zero-order chi connectivity index (χ0) is 26.7. The van der Waals surface area contributed by atoms with E-state index in [4.69, 9.17) is 24.7 Å². The fraction of sp³-hybridized carbons (Fsp3) is 0.174. The quantitative estimate of drug-likeness (QED) is 0.444. The number of aromatic nitrogens is 1. The predicted octanol–water partition coefficient (Wildman–Crippen LogP) is 4.04. The van der Waals surface area contributed by atoms with Crippen molar-refractivity contribution in [1.82, 2.24) is 4.98 Å². The van der Waals surface area contributed by atoms with Crippen LogP contribution < -0.4 is 34.7 Å². The molecule has 0 aliphatic carbocycles. The van der Waals surface area contributed by atoms with Crippen LogP contribution in [0.25, 0.3) is 0 Å². The normalized spacial score (nSPS) is 12.5. The number of benzene rings is 2. The summed E-state index contributed by atoms with van der Waals surface area (Å²) in [7, 11) is 1.17. The van der Waals surface area contributed by atoms with Crippen molar-refractivity contribution in [2.45, 2.75) is 6.36 Å². The number of ether oxygens (including phenoxy) is 5. The first-order valence-electron chi connectivity index (χ1n) is 10.4. The van der Waals surface area contributed by atoms with Crippen LogP contribution in [0.4, 0.5) is 23.2 Å². The number of halogens is 4. The summed E-state index contributed by atoms with van der Waals surface area (Å²) in [5.41, 5.74) is 4.57. The van der Waals surface area contributed by atoms with Crippen molar-refractivity contribution < 1.29 is 50.8 Å². The van der Waals surface area contributed by atoms with Gasteiger partial charge >= 0.3 is 6.36 Å². The van der Waals surface area contributed by atoms with Gasteiger partial charge < -0.3 is 34.7 Å². The van der Waals surface area contributed by atoms with Crippen LogP contribution in [-0.4, -0.2) is 43.5 Å². The number of rotatable bonds is 7. The van der Waals surface area contributed by atoms with Crippen LogP contribution in [0.1, 0.15) is 20.8 Å². The molecule has 4 rings (SSSR count). The van der Waals surface area contributed by atoms with Crippen molar-refractivity contribution in [2.24, 2.45) is 5.73 Å². The van der Waals surface area contributed by atoms with E-state index in [-0.39, 0.29) is 53.3 Å². The Labute approximate surface area is 205 Å². The number of pyridine rings is 1. The number of methoxy groups -OCH3 is 1. The van der Waals surface area contributed by atoms with Gasteiger partial charge in [0.1, 0.15) is 36.0 Å². The molecule has 0 bridgehead atoms. The van der Waals surface area contributed by atoms with E-state index < -0.39 is 35.3 Å². The van der Waals surface area contributed by atoms with E-state index in [9.17, 15) is 22.8 Å². The molecule has 3 aromatic rings. The summed E-state index contributed by atoms with van der Waals surface area (Å²) in [6.07, 6.45) is -3.81. The van der Waals surface area contributed by atoms with Crippen LogP contribution in [0.3, 0.4) is 0 Å². The monoisotopic (exact) mass is 523 g/mol. The van der Waals surface area contributed by atoms with Crippen LogP contribution in [0.5, 0.6) is 34.5 Å². The molecule has 0 atom stereocenters. The van der Waals surface area contributed by atoms with Crippen molar-refractivity contribution in [3.63, 3.8) is 0 Å². The molecule has 1 aromatic heterocycles. The summed E-state index contributed by atoms with van der Waals surface area (Å²) in [5.74, 6) is -4.57. The average Bonchev–Trinajstić information content (AvgIpc) is 2.84. The molecule has 0 saturated heterocycles. The number of amides is 2. The third kappa shape index (κ3) is 5.74. The number of alkyl halides is 3. The first-order valence-corrected chi connectivity index (χ1v) is 10.4. The first kappa shape index (κ1) is 25.3. The van der Waals surface area contributed by atoms with E-state index in [0.717, 1.165) is 24.4 Å². The lowest BCUT2D eigenvalue weighted by Gasteiger charge is -2.22. The number of hydrogen-bond donors (Lipinski definition) is 2. The number of nitrogens with zero attached hydrogens (tertiary/aromatic N) is 1. The van der Waals surface area contributed by atoms with E-state index in [0.29, 0.717) is 0 Å². The van der Waals surface area contributed by atoms with Gasteiger partial charge in [0.05, 0.1) is 19.0 Å². The maximum atomic E-state index is 15.5. The minimum atomic E-state index is -4.94. The summed E-state index contributed by atoms with van der Waals surface area (Å²) < 4.78 is 78.5. The summed E-state index contributed by atoms with van der Waals surface area (Å²) in [4.78, 5) is 28.1. The van der Waals surface area contributed by atoms with Gasteiger partial charge in [-0.15, -0.1) is 13.2 Å². The van der Waals surface area contributed by atoms with Gasteiger partial charge in [-0.3, -0.25) is 9.59 Å². The molecule has 3 N–H and O–H groups in total. The molecule has 0 saturated carbocycles. The number of fused-ring (bicyclic) bond motifs is 1. The second kappa shape index (κ2) is 10.1. The minimum absolute atomic E-state index is 0.0260. The Morgan fingerprint density at radius 3 is 2.46 bits per heavy atom. The lowest BCUT2D eigenvalue weighted by atomic mass is 10.1. The van der Waals surface area contributed by atoms with Crippen molar-refractivity contribution in [3.8, 4) is 34.5 Å². The number of carbonyl (C=O) groups is 2. The molecule has 1 aliphatic heterocycles. The summed E-state index contributed by atoms with van der Waals surface area (Å²) in [6, 6.07) is 6.71. The van der Waals surface area contributed by atoms with E-state index >= 15 is 4.39 Å². The van der Waals surface area contributed by atoms with Crippen LogP contribution in [-0.2, 0) is 0 Å². The molecule has 194 valence electrons. The lowest BCUT2D eigenvalue weighted by molar-refractivity contribution is -0.274. The molecule has 2 amide bonds. The number of anilines is 1. The van der Waals surface area contributed by atoms with Gasteiger partial charge in [0.15, 0.2) is 28.8 Å². The van der Waals surface area contributed by atoms with Crippen molar-refractivity contribution in [2.75, 3.05) is 25.6 Å². The highest BCUT2D eigenvalue weighted by molar-refractivity contribution is 6.07. The molecule has 14 heteroatoms. The van der Waals surface area contributed by atoms with Crippen LogP contribution in [0.2, 0.25) is 0 Å². The predicted molar refractivity (Wildman–Crippen MR) is 118 cm³/mol. The van der Waals surface area contributed by atoms with E-state index in [2.05, 4.69) is 15.0 Å². The fourth-order valence-corrected chi connectivity index (χ4v) is 3.27. The van der Waals surface area contributed by atoms with Gasteiger partial charge in [0, 0.05) is 12.1 Å². The molecule has 37 heavy (non-hydrogen) atoms. The molecular formula is C23H17F4N3O7. The number of carbonyl (C=O) groups excluding carboxylic acids is 2. The number of primary amides is 1. The zero-order valence-electron chi connectivity index (χ0n) is 18.8. The highest BCUT2D eigenvalue weighted by atomic mass is 19.4. The van der Waals surface area contributed by atoms with Gasteiger partial charge in [-0.2, -0.15) is 0 Å². The SMILES string of the molecule is COc1cc(OC(F)(F)F)ccc1Oc1cc2c(c(F)c1C(=O)Nc1ccc(C(N)=O)nc1)OCCO2. The van der Waals surface area contributed by atoms with Gasteiger partial charge in [-0.1, -0.05) is 0 Å². The topological polar surface area (TPSA) is 131 Å². The van der Waals surface area contributed by atoms with Crippen LogP contribution in [0, 0.1) is 5.82 Å². The zero-order valence-corrected chi connectivity index (χ0v) is 18.8. The molecule has 0 unspecified atom stereocenters. The smallest absolute Gasteiger partial charge is 0.493 e. The van der Waals surface area contributed by atoms with E-state index in [1.165, 1.54) is 25.3 Å². The first-order chi connectivity index (χ1) is 17.6. The molecule has 0 fully saturated rings. The Balaban J connectivity index is 1.71. The highest BCUT2D eigenvalue weighted by Gasteiger charge is 2.32. The largest absolute Gasteiger partial charge is 0.573 e. The van der Waals surface area contributed by atoms with Crippen molar-refractivity contribution in [1.29, 1.82) is 0 Å². The lowest BCUT2D eigenvalue weighted by Crippen LogP contribution is -2.21. The molecule has 0 radical (unpaired) electrons. The summed E-state index contributed by atoms with van der Waals surface area (Å²) in [5, 5.41) is 2.42. The Hall–Kier alpha value is -4.75. The van der Waals surface area contributed by atoms with Crippen molar-refractivity contribution >= 4 is 17.5 Å². The standard InChI is InChI=1S/C23H17F4N3O7/c1-33-15-8-12(37-23(25,26)27)3-5-14(15)36-16-9-17-20(35-7-6-34-17)19(24)18(16)22(32)30-11-2-4-13(21(28)31)29-10-11/h2-5,8-10H,6-7H2,1H3,(H2,28,31)(H,30,32). The Bertz CT molecular complexity index is 1350. The van der Waals surface area contributed by atoms with Crippen LogP contribution >= 0.6 is 0 Å². The van der Waals surface area contributed by atoms with E-state index in [1.807, 2.05) is 0 Å². The second-order valence-electron chi connectivity index (χ2n) is 7.30. The fourth-order valence-electron chi connectivity index (χ4n) is 3.27. The Morgan fingerprint density at radius 1 is 1.05 bits per heavy atom. The van der Waals surface area contributed by atoms with Crippen LogP contribution in [0.15, 0.2) is 42.6 Å². The Kier molecular flexibility index (Phi) is 6.91. The third-order valence-electron chi connectivity index (χ3n) is 4.83. The summed E-state index contributed by atoms with van der Waals surface area (Å²) in [6.45, 7) is 0.125. The summed E-state index contributed by atoms with van der Waals surface area (Å²) >= 11 is 0. The highest BCUT2D eigenvalue weighted by Crippen LogP contribution is 2.44. The Morgan fingerprint density at radius 2 is 1.81 bits per heavy atom. The maximum Gasteiger partial charge on any atom is 0.573 e. The number of hydrogen-bond acceptors (Lipinski definition) is 8. The van der Waals surface area contributed by atoms with E-state index in [1.54, 1.807) is 0 Å². The maximum absolute atomic E-state index is 15.5.